The zero-order valence-corrected chi connectivity index (χ0v) is 15.2. The van der Waals surface area contributed by atoms with Crippen molar-refractivity contribution in [3.8, 4) is 17.1 Å². The first-order valence-electron chi connectivity index (χ1n) is 8.08. The summed E-state index contributed by atoms with van der Waals surface area (Å²) >= 11 is 5.88. The van der Waals surface area contributed by atoms with Crippen LogP contribution in [0.15, 0.2) is 59.1 Å². The fourth-order valence-electron chi connectivity index (χ4n) is 2.38. The molecule has 0 aliphatic rings. The fraction of sp³-hybridized carbons (Fsp3) is 0.211. The minimum Gasteiger partial charge on any atom is -0.481 e. The number of nitrogens with zero attached hydrogens (tertiary/aromatic N) is 3. The lowest BCUT2D eigenvalue weighted by atomic mass is 10.2. The van der Waals surface area contributed by atoms with Gasteiger partial charge in [0.25, 0.3) is 5.91 Å². The van der Waals surface area contributed by atoms with Crippen molar-refractivity contribution in [2.45, 2.75) is 19.6 Å². The summed E-state index contributed by atoms with van der Waals surface area (Å²) in [5, 5.41) is 4.58. The van der Waals surface area contributed by atoms with E-state index in [-0.39, 0.29) is 12.5 Å². The zero-order valence-electron chi connectivity index (χ0n) is 14.4. The Morgan fingerprint density at radius 1 is 1.19 bits per heavy atom. The number of amides is 1. The van der Waals surface area contributed by atoms with Gasteiger partial charge in [-0.2, -0.15) is 4.98 Å². The second kappa shape index (κ2) is 8.01. The van der Waals surface area contributed by atoms with Gasteiger partial charge in [0.1, 0.15) is 5.75 Å². The molecule has 0 spiro atoms. The van der Waals surface area contributed by atoms with E-state index in [9.17, 15) is 4.79 Å². The van der Waals surface area contributed by atoms with Crippen molar-refractivity contribution >= 4 is 17.5 Å². The average Bonchev–Trinajstić information content (AvgIpc) is 3.11. The number of aromatic nitrogens is 2. The van der Waals surface area contributed by atoms with E-state index >= 15 is 0 Å². The molecule has 1 atom stereocenters. The third-order valence-corrected chi connectivity index (χ3v) is 3.97. The smallest absolute Gasteiger partial charge is 0.263 e. The first-order valence-corrected chi connectivity index (χ1v) is 8.46. The van der Waals surface area contributed by atoms with Crippen LogP contribution in [0.25, 0.3) is 11.4 Å². The molecule has 6 nitrogen and oxygen atoms in total. The predicted molar refractivity (Wildman–Crippen MR) is 97.8 cm³/mol. The molecule has 1 aromatic heterocycles. The molecule has 1 amide bonds. The Kier molecular flexibility index (Phi) is 5.53. The summed E-state index contributed by atoms with van der Waals surface area (Å²) < 4.78 is 10.9. The maximum Gasteiger partial charge on any atom is 0.263 e. The molecule has 1 heterocycles. The Labute approximate surface area is 156 Å². The Morgan fingerprint density at radius 3 is 2.58 bits per heavy atom. The number of rotatable bonds is 6. The van der Waals surface area contributed by atoms with E-state index in [1.165, 1.54) is 4.90 Å². The highest BCUT2D eigenvalue weighted by Gasteiger charge is 2.21. The van der Waals surface area contributed by atoms with Crippen molar-refractivity contribution in [1.82, 2.24) is 15.0 Å². The summed E-state index contributed by atoms with van der Waals surface area (Å²) in [4.78, 5) is 18.3. The highest BCUT2D eigenvalue weighted by molar-refractivity contribution is 6.30. The van der Waals surface area contributed by atoms with Crippen LogP contribution < -0.4 is 4.74 Å². The normalized spacial score (nSPS) is 11.8. The van der Waals surface area contributed by atoms with Crippen LogP contribution in [0.2, 0.25) is 5.02 Å². The Morgan fingerprint density at radius 2 is 1.88 bits per heavy atom. The van der Waals surface area contributed by atoms with Crippen LogP contribution in [0.5, 0.6) is 5.75 Å². The Bertz CT molecular complexity index is 865. The molecule has 0 saturated carbocycles. The highest BCUT2D eigenvalue weighted by Crippen LogP contribution is 2.19. The number of halogens is 1. The monoisotopic (exact) mass is 371 g/mol. The van der Waals surface area contributed by atoms with Crippen LogP contribution in [0, 0.1) is 0 Å². The number of ether oxygens (including phenoxy) is 1. The maximum atomic E-state index is 12.5. The molecule has 26 heavy (non-hydrogen) atoms. The van der Waals surface area contributed by atoms with Gasteiger partial charge in [0.05, 0.1) is 6.54 Å². The van der Waals surface area contributed by atoms with E-state index in [2.05, 4.69) is 10.1 Å². The number of carbonyl (C=O) groups is 1. The summed E-state index contributed by atoms with van der Waals surface area (Å²) in [6.07, 6.45) is -0.624. The number of hydrogen-bond donors (Lipinski definition) is 0. The molecular weight excluding hydrogens is 354 g/mol. The fourth-order valence-corrected chi connectivity index (χ4v) is 2.51. The van der Waals surface area contributed by atoms with Crippen LogP contribution in [0.3, 0.4) is 0 Å². The van der Waals surface area contributed by atoms with Crippen LogP contribution >= 0.6 is 11.6 Å². The summed E-state index contributed by atoms with van der Waals surface area (Å²) in [6, 6.07) is 16.3. The standard InChI is InChI=1S/C19H18ClN3O3/c1-13(25-16-6-4-3-5-7-16)19(24)23(2)12-17-21-18(22-26-17)14-8-10-15(20)11-9-14/h3-11,13H,12H2,1-2H3. The van der Waals surface area contributed by atoms with Crippen molar-refractivity contribution in [2.24, 2.45) is 0 Å². The summed E-state index contributed by atoms with van der Waals surface area (Å²) in [5.41, 5.74) is 0.791. The Hall–Kier alpha value is -2.86. The van der Waals surface area contributed by atoms with E-state index in [1.807, 2.05) is 30.3 Å². The maximum absolute atomic E-state index is 12.5. The van der Waals surface area contributed by atoms with Gasteiger partial charge in [-0.25, -0.2) is 0 Å². The quantitative estimate of drug-likeness (QED) is 0.659. The van der Waals surface area contributed by atoms with Crippen LogP contribution in [-0.2, 0) is 11.3 Å². The van der Waals surface area contributed by atoms with Crippen molar-refractivity contribution in [1.29, 1.82) is 0 Å². The number of likely N-dealkylation sites (N-methyl/N-ethyl adjacent to an activating group) is 1. The van der Waals surface area contributed by atoms with E-state index in [4.69, 9.17) is 20.9 Å². The van der Waals surface area contributed by atoms with Crippen molar-refractivity contribution in [3.05, 3.63) is 65.5 Å². The topological polar surface area (TPSA) is 68.5 Å². The second-order valence-electron chi connectivity index (χ2n) is 5.79. The first-order chi connectivity index (χ1) is 12.5. The molecule has 2 aromatic carbocycles. The molecule has 0 radical (unpaired) electrons. The van der Waals surface area contributed by atoms with Crippen LogP contribution in [0.1, 0.15) is 12.8 Å². The van der Waals surface area contributed by atoms with Gasteiger partial charge in [-0.1, -0.05) is 35.0 Å². The average molecular weight is 372 g/mol. The third-order valence-electron chi connectivity index (χ3n) is 3.72. The third kappa shape index (κ3) is 4.40. The van der Waals surface area contributed by atoms with E-state index in [0.717, 1.165) is 5.56 Å². The highest BCUT2D eigenvalue weighted by atomic mass is 35.5. The van der Waals surface area contributed by atoms with E-state index in [1.54, 1.807) is 38.2 Å². The molecule has 0 saturated heterocycles. The Balaban J connectivity index is 1.61. The molecular formula is C19H18ClN3O3. The van der Waals surface area contributed by atoms with Gasteiger partial charge in [-0.15, -0.1) is 0 Å². The van der Waals surface area contributed by atoms with Crippen molar-refractivity contribution in [2.75, 3.05) is 7.05 Å². The van der Waals surface area contributed by atoms with Gasteiger partial charge >= 0.3 is 0 Å². The molecule has 0 N–H and O–H groups in total. The summed E-state index contributed by atoms with van der Waals surface area (Å²) in [5.74, 6) is 1.26. The van der Waals surface area contributed by atoms with Gasteiger partial charge in [-0.3, -0.25) is 4.79 Å². The summed E-state index contributed by atoms with van der Waals surface area (Å²) in [7, 11) is 1.67. The number of carbonyl (C=O) groups excluding carboxylic acids is 1. The van der Waals surface area contributed by atoms with Gasteiger partial charge < -0.3 is 14.2 Å². The largest absolute Gasteiger partial charge is 0.481 e. The second-order valence-corrected chi connectivity index (χ2v) is 6.22. The first kappa shape index (κ1) is 17.9. The number of para-hydroxylation sites is 1. The predicted octanol–water partition coefficient (Wildman–Crippen LogP) is 3.82. The van der Waals surface area contributed by atoms with Gasteiger partial charge in [-0.05, 0) is 43.3 Å². The molecule has 3 rings (SSSR count). The molecule has 0 fully saturated rings. The molecule has 134 valence electrons. The van der Waals surface area contributed by atoms with E-state index < -0.39 is 6.10 Å². The molecule has 3 aromatic rings. The lowest BCUT2D eigenvalue weighted by Crippen LogP contribution is -2.37. The molecule has 7 heteroatoms. The number of hydrogen-bond acceptors (Lipinski definition) is 5. The van der Waals surface area contributed by atoms with Crippen molar-refractivity contribution < 1.29 is 14.1 Å². The lowest BCUT2D eigenvalue weighted by Gasteiger charge is -2.20. The van der Waals surface area contributed by atoms with Crippen molar-refractivity contribution in [3.63, 3.8) is 0 Å². The molecule has 0 aliphatic heterocycles. The van der Waals surface area contributed by atoms with Gasteiger partial charge in [0.2, 0.25) is 11.7 Å². The number of benzene rings is 2. The summed E-state index contributed by atoms with van der Waals surface area (Å²) in [6.45, 7) is 1.90. The zero-order chi connectivity index (χ0) is 18.5. The minimum atomic E-state index is -0.624. The molecule has 0 bridgehead atoms. The van der Waals surface area contributed by atoms with Gasteiger partial charge in [0.15, 0.2) is 6.10 Å². The lowest BCUT2D eigenvalue weighted by molar-refractivity contribution is -0.137. The SMILES string of the molecule is CC(Oc1ccccc1)C(=O)N(C)Cc1nc(-c2ccc(Cl)cc2)no1. The van der Waals surface area contributed by atoms with Crippen LogP contribution in [-0.4, -0.2) is 34.1 Å². The molecule has 0 aliphatic carbocycles. The minimum absolute atomic E-state index is 0.180. The van der Waals surface area contributed by atoms with Gasteiger partial charge in [0, 0.05) is 17.6 Å². The van der Waals surface area contributed by atoms with E-state index in [0.29, 0.717) is 22.5 Å². The van der Waals surface area contributed by atoms with Crippen LogP contribution in [0.4, 0.5) is 0 Å². The molecule has 1 unspecified atom stereocenters.